The maximum absolute atomic E-state index is 11.8. The first kappa shape index (κ1) is 18.1. The Labute approximate surface area is 145 Å². The second-order valence-electron chi connectivity index (χ2n) is 6.56. The number of anilines is 1. The normalized spacial score (nSPS) is 11.0. The lowest BCUT2D eigenvalue weighted by Crippen LogP contribution is -2.37. The van der Waals surface area contributed by atoms with Crippen molar-refractivity contribution in [2.24, 2.45) is 5.41 Å². The predicted octanol–water partition coefficient (Wildman–Crippen LogP) is 2.59. The summed E-state index contributed by atoms with van der Waals surface area (Å²) in [7, 11) is 0. The molecule has 0 atom stereocenters. The molecule has 1 aromatic heterocycles. The van der Waals surface area contributed by atoms with E-state index in [2.05, 4.69) is 15.6 Å². The highest BCUT2D eigenvalue weighted by Gasteiger charge is 2.20. The first-order valence-electron chi connectivity index (χ1n) is 7.74. The number of carbonyl (C=O) groups excluding carboxylic acids is 1. The molecule has 8 nitrogen and oxygen atoms in total. The third kappa shape index (κ3) is 4.41. The fourth-order valence-electron chi connectivity index (χ4n) is 2.14. The van der Waals surface area contributed by atoms with E-state index < -0.39 is 10.3 Å². The van der Waals surface area contributed by atoms with Crippen molar-refractivity contribution in [3.8, 4) is 6.07 Å². The number of nitrogens with one attached hydrogen (secondary N) is 2. The smallest absolute Gasteiger partial charge is 0.270 e. The van der Waals surface area contributed by atoms with Crippen LogP contribution in [0.15, 0.2) is 24.3 Å². The second-order valence-corrected chi connectivity index (χ2v) is 6.56. The van der Waals surface area contributed by atoms with Crippen LogP contribution in [0.5, 0.6) is 0 Å². The summed E-state index contributed by atoms with van der Waals surface area (Å²) in [6, 6.07) is 7.78. The molecule has 1 heterocycles. The Kier molecular flexibility index (Phi) is 5.17. The van der Waals surface area contributed by atoms with Gasteiger partial charge in [-0.25, -0.2) is 4.98 Å². The minimum Gasteiger partial charge on any atom is -0.368 e. The van der Waals surface area contributed by atoms with Crippen LogP contribution in [-0.2, 0) is 4.79 Å². The second kappa shape index (κ2) is 7.13. The molecule has 1 amide bonds. The van der Waals surface area contributed by atoms with Crippen LogP contribution in [0, 0.1) is 26.9 Å². The average Bonchev–Trinajstić information content (AvgIpc) is 2.56. The number of aromatic nitrogens is 1. The fraction of sp³-hybridized carbons (Fsp3) is 0.353. The number of hydrogen-bond acceptors (Lipinski definition) is 6. The molecule has 0 bridgehead atoms. The number of nitriles is 1. The van der Waals surface area contributed by atoms with Crippen molar-refractivity contribution in [2.75, 3.05) is 18.4 Å². The van der Waals surface area contributed by atoms with Crippen molar-refractivity contribution < 1.29 is 9.72 Å². The van der Waals surface area contributed by atoms with Gasteiger partial charge in [-0.15, -0.1) is 0 Å². The number of nitrogens with zero attached hydrogens (tertiary/aromatic N) is 3. The number of pyridine rings is 1. The van der Waals surface area contributed by atoms with Crippen LogP contribution in [0.4, 0.5) is 11.5 Å². The van der Waals surface area contributed by atoms with E-state index in [4.69, 9.17) is 0 Å². The predicted molar refractivity (Wildman–Crippen MR) is 94.1 cm³/mol. The van der Waals surface area contributed by atoms with Crippen molar-refractivity contribution in [1.82, 2.24) is 10.3 Å². The van der Waals surface area contributed by atoms with Crippen molar-refractivity contribution in [3.05, 3.63) is 39.9 Å². The largest absolute Gasteiger partial charge is 0.368 e. The molecule has 2 aromatic rings. The highest BCUT2D eigenvalue weighted by Crippen LogP contribution is 2.24. The maximum Gasteiger partial charge on any atom is 0.270 e. The van der Waals surface area contributed by atoms with Gasteiger partial charge in [0.25, 0.3) is 5.69 Å². The number of benzene rings is 1. The summed E-state index contributed by atoms with van der Waals surface area (Å²) in [6.45, 7) is 6.35. The van der Waals surface area contributed by atoms with Gasteiger partial charge in [0.1, 0.15) is 5.82 Å². The van der Waals surface area contributed by atoms with Gasteiger partial charge in [-0.1, -0.05) is 20.8 Å². The van der Waals surface area contributed by atoms with Gasteiger partial charge >= 0.3 is 0 Å². The van der Waals surface area contributed by atoms with E-state index in [1.165, 1.54) is 24.3 Å². The van der Waals surface area contributed by atoms with Crippen LogP contribution in [0.3, 0.4) is 0 Å². The van der Waals surface area contributed by atoms with E-state index in [1.54, 1.807) is 0 Å². The molecule has 8 heteroatoms. The van der Waals surface area contributed by atoms with Gasteiger partial charge in [0.05, 0.1) is 22.1 Å². The van der Waals surface area contributed by atoms with Gasteiger partial charge in [-0.3, -0.25) is 14.9 Å². The number of carbonyl (C=O) groups is 1. The summed E-state index contributed by atoms with van der Waals surface area (Å²) in [5.41, 5.74) is 0.251. The SMILES string of the molecule is CC(C)(C)C(=O)NCCNc1cc(C#N)c2cc([N+](=O)[O-])ccc2n1. The zero-order chi connectivity index (χ0) is 18.6. The third-order valence-electron chi connectivity index (χ3n) is 3.52. The van der Waals surface area contributed by atoms with Gasteiger partial charge in [-0.2, -0.15) is 5.26 Å². The van der Waals surface area contributed by atoms with E-state index in [-0.39, 0.29) is 11.6 Å². The van der Waals surface area contributed by atoms with Crippen molar-refractivity contribution in [1.29, 1.82) is 5.26 Å². The molecule has 1 aromatic carbocycles. The highest BCUT2D eigenvalue weighted by atomic mass is 16.6. The molecule has 0 saturated carbocycles. The molecule has 0 spiro atoms. The Morgan fingerprint density at radius 2 is 2.04 bits per heavy atom. The number of rotatable bonds is 5. The molecule has 0 aliphatic rings. The zero-order valence-electron chi connectivity index (χ0n) is 14.3. The minimum absolute atomic E-state index is 0.0502. The fourth-order valence-corrected chi connectivity index (χ4v) is 2.14. The number of hydrogen-bond donors (Lipinski definition) is 2. The molecule has 0 radical (unpaired) electrons. The molecule has 0 saturated heterocycles. The van der Waals surface area contributed by atoms with Gasteiger partial charge < -0.3 is 10.6 Å². The lowest BCUT2D eigenvalue weighted by atomic mass is 9.96. The van der Waals surface area contributed by atoms with Crippen LogP contribution in [-0.4, -0.2) is 28.9 Å². The van der Waals surface area contributed by atoms with Gasteiger partial charge in [0.15, 0.2) is 0 Å². The van der Waals surface area contributed by atoms with E-state index in [1.807, 2.05) is 26.8 Å². The number of nitro groups is 1. The Balaban J connectivity index is 2.12. The quantitative estimate of drug-likeness (QED) is 0.490. The van der Waals surface area contributed by atoms with E-state index in [0.717, 1.165) is 0 Å². The van der Waals surface area contributed by atoms with Crippen molar-refractivity contribution >= 4 is 28.3 Å². The Hall–Kier alpha value is -3.21. The lowest BCUT2D eigenvalue weighted by molar-refractivity contribution is -0.384. The van der Waals surface area contributed by atoms with Crippen molar-refractivity contribution in [3.63, 3.8) is 0 Å². The molecular formula is C17H19N5O3. The topological polar surface area (TPSA) is 121 Å². The van der Waals surface area contributed by atoms with E-state index in [9.17, 15) is 20.2 Å². The van der Waals surface area contributed by atoms with Crippen LogP contribution >= 0.6 is 0 Å². The van der Waals surface area contributed by atoms with E-state index in [0.29, 0.717) is 35.4 Å². The number of nitro benzene ring substituents is 1. The Morgan fingerprint density at radius 1 is 1.32 bits per heavy atom. The number of non-ortho nitro benzene ring substituents is 1. The summed E-state index contributed by atoms with van der Waals surface area (Å²) < 4.78 is 0. The summed E-state index contributed by atoms with van der Waals surface area (Å²) in [4.78, 5) is 26.5. The van der Waals surface area contributed by atoms with Crippen LogP contribution in [0.1, 0.15) is 26.3 Å². The Morgan fingerprint density at radius 3 is 2.64 bits per heavy atom. The molecule has 25 heavy (non-hydrogen) atoms. The zero-order valence-corrected chi connectivity index (χ0v) is 14.3. The summed E-state index contributed by atoms with van der Waals surface area (Å²) in [5, 5.41) is 26.4. The molecule has 130 valence electrons. The van der Waals surface area contributed by atoms with E-state index >= 15 is 0 Å². The standard InChI is InChI=1S/C17H19N5O3/c1-17(2,3)16(23)20-7-6-19-15-8-11(10-18)13-9-12(22(24)25)4-5-14(13)21-15/h4-5,8-9H,6-7H2,1-3H3,(H,19,21)(H,20,23). The monoisotopic (exact) mass is 341 g/mol. The highest BCUT2D eigenvalue weighted by molar-refractivity contribution is 5.88. The molecule has 2 N–H and O–H groups in total. The summed E-state index contributed by atoms with van der Waals surface area (Å²) >= 11 is 0. The lowest BCUT2D eigenvalue weighted by Gasteiger charge is -2.17. The third-order valence-corrected chi connectivity index (χ3v) is 3.52. The maximum atomic E-state index is 11.8. The molecule has 2 rings (SSSR count). The van der Waals surface area contributed by atoms with Crippen LogP contribution in [0.2, 0.25) is 0 Å². The van der Waals surface area contributed by atoms with Crippen LogP contribution < -0.4 is 10.6 Å². The summed E-state index contributed by atoms with van der Waals surface area (Å²) in [6.07, 6.45) is 0. The van der Waals surface area contributed by atoms with Gasteiger partial charge in [0, 0.05) is 36.0 Å². The summed E-state index contributed by atoms with van der Waals surface area (Å²) in [5.74, 6) is 0.425. The van der Waals surface area contributed by atoms with Gasteiger partial charge in [0.2, 0.25) is 5.91 Å². The van der Waals surface area contributed by atoms with Crippen molar-refractivity contribution in [2.45, 2.75) is 20.8 Å². The molecule has 0 aliphatic carbocycles. The molecule has 0 fully saturated rings. The first-order valence-corrected chi connectivity index (χ1v) is 7.74. The molecule has 0 unspecified atom stereocenters. The number of amides is 1. The first-order chi connectivity index (χ1) is 11.7. The minimum atomic E-state index is -0.509. The number of fused-ring (bicyclic) bond motifs is 1. The van der Waals surface area contributed by atoms with Crippen LogP contribution in [0.25, 0.3) is 10.9 Å². The molecular weight excluding hydrogens is 322 g/mol. The molecule has 0 aliphatic heterocycles. The Bertz CT molecular complexity index is 865. The average molecular weight is 341 g/mol. The van der Waals surface area contributed by atoms with Gasteiger partial charge in [-0.05, 0) is 12.1 Å².